The van der Waals surface area contributed by atoms with Gasteiger partial charge in [0.05, 0.1) is 0 Å². The Morgan fingerprint density at radius 1 is 0.931 bits per heavy atom. The summed E-state index contributed by atoms with van der Waals surface area (Å²) >= 11 is 0. The molecule has 0 bridgehead atoms. The summed E-state index contributed by atoms with van der Waals surface area (Å²) in [4.78, 5) is 14.3. The number of hydrogen-bond acceptors (Lipinski definition) is 2. The van der Waals surface area contributed by atoms with E-state index in [-0.39, 0.29) is 19.1 Å². The molecule has 0 saturated carbocycles. The molecule has 1 amide bonds. The van der Waals surface area contributed by atoms with Gasteiger partial charge in [-0.1, -0.05) is 69.7 Å². The van der Waals surface area contributed by atoms with Crippen molar-refractivity contribution in [2.75, 3.05) is 13.2 Å². The molecular weight excluding hydrogens is 372 g/mol. The van der Waals surface area contributed by atoms with Crippen molar-refractivity contribution < 1.29 is 18.3 Å². The maximum atomic E-state index is 14.1. The molecule has 0 N–H and O–H groups in total. The Morgan fingerprint density at radius 2 is 1.62 bits per heavy atom. The lowest BCUT2D eigenvalue weighted by atomic mass is 10.1. The first kappa shape index (κ1) is 22.9. The van der Waals surface area contributed by atoms with Gasteiger partial charge < -0.3 is 9.64 Å². The van der Waals surface area contributed by atoms with E-state index in [1.807, 2.05) is 18.2 Å². The average molecular weight is 404 g/mol. The van der Waals surface area contributed by atoms with E-state index in [9.17, 15) is 13.6 Å². The molecule has 0 spiro atoms. The summed E-state index contributed by atoms with van der Waals surface area (Å²) in [5.41, 5.74) is 0.308. The fourth-order valence-electron chi connectivity index (χ4n) is 3.16. The van der Waals surface area contributed by atoms with Gasteiger partial charge in [0.2, 0.25) is 0 Å². The minimum absolute atomic E-state index is 0.108. The topological polar surface area (TPSA) is 29.5 Å². The Labute approximate surface area is 172 Å². The largest absolute Gasteiger partial charge is 0.484 e. The monoisotopic (exact) mass is 403 g/mol. The first-order valence-electron chi connectivity index (χ1n) is 10.5. The number of amides is 1. The van der Waals surface area contributed by atoms with E-state index >= 15 is 0 Å². The highest BCUT2D eigenvalue weighted by atomic mass is 19.1. The van der Waals surface area contributed by atoms with E-state index in [0.29, 0.717) is 17.9 Å². The van der Waals surface area contributed by atoms with Crippen LogP contribution in [-0.2, 0) is 11.3 Å². The van der Waals surface area contributed by atoms with E-state index in [1.165, 1.54) is 37.8 Å². The van der Waals surface area contributed by atoms with E-state index in [1.54, 1.807) is 17.0 Å². The Bertz CT molecular complexity index is 737. The summed E-state index contributed by atoms with van der Waals surface area (Å²) in [7, 11) is 0. The van der Waals surface area contributed by atoms with Crippen LogP contribution in [0.4, 0.5) is 8.78 Å². The van der Waals surface area contributed by atoms with E-state index in [0.717, 1.165) is 25.3 Å². The molecule has 2 rings (SSSR count). The van der Waals surface area contributed by atoms with E-state index in [4.69, 9.17) is 4.74 Å². The summed E-state index contributed by atoms with van der Waals surface area (Å²) < 4.78 is 32.8. The van der Waals surface area contributed by atoms with Crippen molar-refractivity contribution in [2.45, 2.75) is 58.4 Å². The number of hydrogen-bond donors (Lipinski definition) is 0. The van der Waals surface area contributed by atoms with Crippen LogP contribution < -0.4 is 4.74 Å². The van der Waals surface area contributed by atoms with Gasteiger partial charge in [-0.2, -0.15) is 0 Å². The number of ether oxygens (including phenoxy) is 1. The first-order chi connectivity index (χ1) is 14.1. The standard InChI is InChI=1S/C24H31F2NO2/c1-2-3-4-5-6-7-11-16-27(18-20-14-15-21(25)17-23(20)26)24(28)19-29-22-12-9-8-10-13-22/h8-10,12-15,17H,2-7,11,16,18-19H2,1H3. The molecule has 0 fully saturated rings. The molecule has 0 unspecified atom stereocenters. The predicted molar refractivity (Wildman–Crippen MR) is 112 cm³/mol. The molecule has 0 saturated heterocycles. The Balaban J connectivity index is 1.91. The second-order valence-electron chi connectivity index (χ2n) is 7.27. The molecule has 0 aliphatic carbocycles. The molecule has 158 valence electrons. The van der Waals surface area contributed by atoms with Gasteiger partial charge in [-0.15, -0.1) is 0 Å². The lowest BCUT2D eigenvalue weighted by Gasteiger charge is -2.23. The zero-order valence-electron chi connectivity index (χ0n) is 17.2. The van der Waals surface area contributed by atoms with Gasteiger partial charge in [-0.3, -0.25) is 4.79 Å². The van der Waals surface area contributed by atoms with Crippen LogP contribution in [0.5, 0.6) is 5.75 Å². The third-order valence-corrected chi connectivity index (χ3v) is 4.87. The molecule has 0 aromatic heterocycles. The molecule has 29 heavy (non-hydrogen) atoms. The third-order valence-electron chi connectivity index (χ3n) is 4.87. The Hall–Kier alpha value is -2.43. The number of nitrogens with zero attached hydrogens (tertiary/aromatic N) is 1. The number of halogens is 2. The highest BCUT2D eigenvalue weighted by Crippen LogP contribution is 2.15. The van der Waals surface area contributed by atoms with Gasteiger partial charge in [-0.05, 0) is 24.6 Å². The maximum Gasteiger partial charge on any atom is 0.260 e. The van der Waals surface area contributed by atoms with Crippen LogP contribution in [0.15, 0.2) is 48.5 Å². The second kappa shape index (κ2) is 12.9. The van der Waals surface area contributed by atoms with Crippen molar-refractivity contribution in [3.05, 3.63) is 65.7 Å². The molecular formula is C24H31F2NO2. The first-order valence-corrected chi connectivity index (χ1v) is 10.5. The van der Waals surface area contributed by atoms with Gasteiger partial charge in [0.15, 0.2) is 6.61 Å². The van der Waals surface area contributed by atoms with Crippen LogP contribution in [-0.4, -0.2) is 24.0 Å². The van der Waals surface area contributed by atoms with Crippen molar-refractivity contribution in [3.63, 3.8) is 0 Å². The summed E-state index contributed by atoms with van der Waals surface area (Å²) in [6.45, 7) is 2.72. The van der Waals surface area contributed by atoms with Crippen molar-refractivity contribution >= 4 is 5.91 Å². The summed E-state index contributed by atoms with van der Waals surface area (Å²) in [6.07, 6.45) is 7.92. The van der Waals surface area contributed by atoms with Gasteiger partial charge in [0.1, 0.15) is 17.4 Å². The smallest absolute Gasteiger partial charge is 0.260 e. The lowest BCUT2D eigenvalue weighted by Crippen LogP contribution is -2.35. The van der Waals surface area contributed by atoms with Gasteiger partial charge >= 0.3 is 0 Å². The molecule has 0 aliphatic rings. The quantitative estimate of drug-likeness (QED) is 0.377. The summed E-state index contributed by atoms with van der Waals surface area (Å²) in [6, 6.07) is 12.6. The van der Waals surface area contributed by atoms with Gasteiger partial charge in [0, 0.05) is 24.7 Å². The number of benzene rings is 2. The highest BCUT2D eigenvalue weighted by Gasteiger charge is 2.17. The SMILES string of the molecule is CCCCCCCCCN(Cc1ccc(F)cc1F)C(=O)COc1ccccc1. The van der Waals surface area contributed by atoms with Crippen LogP contribution in [0.25, 0.3) is 0 Å². The van der Waals surface area contributed by atoms with Crippen molar-refractivity contribution in [1.82, 2.24) is 4.90 Å². The fraction of sp³-hybridized carbons (Fsp3) is 0.458. The second-order valence-corrected chi connectivity index (χ2v) is 7.27. The van der Waals surface area contributed by atoms with Crippen LogP contribution in [0.3, 0.4) is 0 Å². The number of carbonyl (C=O) groups excluding carboxylic acids is 1. The molecule has 2 aromatic rings. The Morgan fingerprint density at radius 3 is 2.31 bits per heavy atom. The van der Waals surface area contributed by atoms with Crippen LogP contribution >= 0.6 is 0 Å². The Kier molecular flexibility index (Phi) is 10.2. The minimum atomic E-state index is -0.633. The fourth-order valence-corrected chi connectivity index (χ4v) is 3.16. The average Bonchev–Trinajstić information content (AvgIpc) is 2.72. The molecule has 2 aromatic carbocycles. The van der Waals surface area contributed by atoms with Crippen LogP contribution in [0, 0.1) is 11.6 Å². The summed E-state index contributed by atoms with van der Waals surface area (Å²) in [5.74, 6) is -0.844. The number of unbranched alkanes of at least 4 members (excludes halogenated alkanes) is 6. The third kappa shape index (κ3) is 8.63. The zero-order chi connectivity index (χ0) is 20.9. The van der Waals surface area contributed by atoms with Crippen LogP contribution in [0.1, 0.15) is 57.4 Å². The normalized spacial score (nSPS) is 10.7. The molecule has 0 atom stereocenters. The number of rotatable bonds is 13. The van der Waals surface area contributed by atoms with Gasteiger partial charge in [0.25, 0.3) is 5.91 Å². The maximum absolute atomic E-state index is 14.1. The van der Waals surface area contributed by atoms with Gasteiger partial charge in [-0.25, -0.2) is 8.78 Å². The zero-order valence-corrected chi connectivity index (χ0v) is 17.2. The minimum Gasteiger partial charge on any atom is -0.484 e. The van der Waals surface area contributed by atoms with E-state index < -0.39 is 11.6 Å². The van der Waals surface area contributed by atoms with Crippen molar-refractivity contribution in [2.24, 2.45) is 0 Å². The van der Waals surface area contributed by atoms with Crippen LogP contribution in [0.2, 0.25) is 0 Å². The summed E-state index contributed by atoms with van der Waals surface area (Å²) in [5, 5.41) is 0. The number of carbonyl (C=O) groups is 1. The molecule has 5 heteroatoms. The van der Waals surface area contributed by atoms with Crippen molar-refractivity contribution in [1.29, 1.82) is 0 Å². The lowest BCUT2D eigenvalue weighted by molar-refractivity contribution is -0.134. The molecule has 0 radical (unpaired) electrons. The van der Waals surface area contributed by atoms with E-state index in [2.05, 4.69) is 6.92 Å². The van der Waals surface area contributed by atoms with Crippen molar-refractivity contribution in [3.8, 4) is 5.75 Å². The molecule has 0 aliphatic heterocycles. The predicted octanol–water partition coefficient (Wildman–Crippen LogP) is 6.12. The molecule has 3 nitrogen and oxygen atoms in total. The molecule has 0 heterocycles. The number of para-hydroxylation sites is 1. The highest BCUT2D eigenvalue weighted by molar-refractivity contribution is 5.77.